The molecule has 140 valence electrons. The molecule has 1 atom stereocenters. The van der Waals surface area contributed by atoms with Gasteiger partial charge in [-0.2, -0.15) is 5.10 Å². The number of aromatic nitrogens is 1. The lowest BCUT2D eigenvalue weighted by Gasteiger charge is -2.15. The Morgan fingerprint density at radius 1 is 1.19 bits per heavy atom. The number of carbonyl (C=O) groups excluding carboxylic acids is 1. The van der Waals surface area contributed by atoms with Crippen molar-refractivity contribution >= 4 is 28.7 Å². The van der Waals surface area contributed by atoms with E-state index in [-0.39, 0.29) is 11.8 Å². The summed E-state index contributed by atoms with van der Waals surface area (Å²) in [6.07, 6.45) is 5.08. The molecule has 5 nitrogen and oxygen atoms in total. The van der Waals surface area contributed by atoms with Crippen molar-refractivity contribution in [1.82, 2.24) is 9.99 Å². The highest BCUT2D eigenvalue weighted by Gasteiger charge is 2.36. The van der Waals surface area contributed by atoms with Crippen molar-refractivity contribution in [3.05, 3.63) is 40.7 Å². The molecule has 0 unspecified atom stereocenters. The molecule has 0 radical (unpaired) electrons. The van der Waals surface area contributed by atoms with E-state index in [4.69, 9.17) is 4.98 Å². The molecule has 3 heterocycles. The molecule has 0 N–H and O–H groups in total. The molecule has 1 aromatic carbocycles. The summed E-state index contributed by atoms with van der Waals surface area (Å²) in [7, 11) is 0. The van der Waals surface area contributed by atoms with Crippen molar-refractivity contribution in [3.8, 4) is 11.3 Å². The first kappa shape index (κ1) is 18.0. The van der Waals surface area contributed by atoms with Gasteiger partial charge in [0.2, 0.25) is 0 Å². The zero-order chi connectivity index (χ0) is 18.6. The Morgan fingerprint density at radius 2 is 2.04 bits per heavy atom. The first-order chi connectivity index (χ1) is 13.2. The molecule has 0 saturated carbocycles. The third kappa shape index (κ3) is 4.00. The number of hydrogen-bond acceptors (Lipinski definition) is 5. The lowest BCUT2D eigenvalue weighted by atomic mass is 9.94. The molecule has 2 aliphatic rings. The predicted octanol–water partition coefficient (Wildman–Crippen LogP) is 4.20. The van der Waals surface area contributed by atoms with Gasteiger partial charge in [-0.3, -0.25) is 9.79 Å². The summed E-state index contributed by atoms with van der Waals surface area (Å²) in [6.45, 7) is 3.36. The lowest BCUT2D eigenvalue weighted by molar-refractivity contribution is -0.130. The van der Waals surface area contributed by atoms with E-state index in [0.29, 0.717) is 6.54 Å². The standard InChI is InChI=1S/C21H24N4OS/c1-15-20(17-10-6-3-7-12-22-17)21(26)25(24-15)13-11-19-23-18(14-27-19)16-8-4-2-5-9-16/h2,4-5,8-9,14,20H,3,6-7,10-13H2,1H3/t20-/m0/s1. The Balaban J connectivity index is 1.40. The molecule has 0 saturated heterocycles. The molecule has 1 aromatic heterocycles. The average Bonchev–Trinajstić information content (AvgIpc) is 3.16. The van der Waals surface area contributed by atoms with Crippen molar-refractivity contribution in [2.75, 3.05) is 13.1 Å². The summed E-state index contributed by atoms with van der Waals surface area (Å²) in [4.78, 5) is 22.3. The maximum absolute atomic E-state index is 12.9. The SMILES string of the molecule is CC1=NN(CCc2nc(-c3ccccc3)cs2)C(=O)[C@@H]1C1=NCCCCC1. The van der Waals surface area contributed by atoms with E-state index in [9.17, 15) is 4.79 Å². The highest BCUT2D eigenvalue weighted by molar-refractivity contribution is 7.09. The highest BCUT2D eigenvalue weighted by atomic mass is 32.1. The number of rotatable bonds is 5. The minimum atomic E-state index is -0.237. The van der Waals surface area contributed by atoms with Crippen LogP contribution >= 0.6 is 11.3 Å². The number of benzene rings is 1. The number of hydrazone groups is 1. The predicted molar refractivity (Wildman–Crippen MR) is 110 cm³/mol. The Bertz CT molecular complexity index is 871. The van der Waals surface area contributed by atoms with Gasteiger partial charge in [0, 0.05) is 29.6 Å². The maximum atomic E-state index is 12.9. The number of nitrogens with zero attached hydrogens (tertiary/aromatic N) is 4. The summed E-state index contributed by atoms with van der Waals surface area (Å²) in [5.74, 6) is -0.160. The van der Waals surface area contributed by atoms with Crippen LogP contribution < -0.4 is 0 Å². The largest absolute Gasteiger partial charge is 0.293 e. The number of aliphatic imine (C=N–C) groups is 1. The molecule has 2 aromatic rings. The number of thiazole rings is 1. The molecular weight excluding hydrogens is 356 g/mol. The zero-order valence-corrected chi connectivity index (χ0v) is 16.4. The van der Waals surface area contributed by atoms with Gasteiger partial charge in [0.1, 0.15) is 5.92 Å². The maximum Gasteiger partial charge on any atom is 0.257 e. The average molecular weight is 381 g/mol. The van der Waals surface area contributed by atoms with Crippen LogP contribution in [0.15, 0.2) is 45.8 Å². The summed E-state index contributed by atoms with van der Waals surface area (Å²) in [5, 5.41) is 9.26. The summed E-state index contributed by atoms with van der Waals surface area (Å²) in [6, 6.07) is 10.2. The zero-order valence-electron chi connectivity index (χ0n) is 15.6. The first-order valence-corrected chi connectivity index (χ1v) is 10.5. The smallest absolute Gasteiger partial charge is 0.257 e. The highest BCUT2D eigenvalue weighted by Crippen LogP contribution is 2.25. The van der Waals surface area contributed by atoms with Crippen LogP contribution in [-0.4, -0.2) is 40.4 Å². The minimum Gasteiger partial charge on any atom is -0.293 e. The summed E-state index contributed by atoms with van der Waals surface area (Å²) in [5.41, 5.74) is 4.03. The first-order valence-electron chi connectivity index (χ1n) is 9.62. The van der Waals surface area contributed by atoms with E-state index < -0.39 is 0 Å². The number of carbonyl (C=O) groups is 1. The van der Waals surface area contributed by atoms with E-state index in [0.717, 1.165) is 59.9 Å². The molecular formula is C21H24N4OS. The number of amides is 1. The normalized spacial score (nSPS) is 20.4. The van der Waals surface area contributed by atoms with Crippen LogP contribution in [0.1, 0.15) is 37.6 Å². The molecule has 27 heavy (non-hydrogen) atoms. The fourth-order valence-corrected chi connectivity index (χ4v) is 4.47. The third-order valence-electron chi connectivity index (χ3n) is 5.10. The van der Waals surface area contributed by atoms with Gasteiger partial charge in [-0.1, -0.05) is 36.8 Å². The molecule has 0 fully saturated rings. The van der Waals surface area contributed by atoms with Crippen molar-refractivity contribution < 1.29 is 4.79 Å². The van der Waals surface area contributed by atoms with Crippen LogP contribution in [0.2, 0.25) is 0 Å². The number of hydrogen-bond donors (Lipinski definition) is 0. The Labute approximate surface area is 163 Å². The van der Waals surface area contributed by atoms with E-state index in [1.165, 1.54) is 6.42 Å². The van der Waals surface area contributed by atoms with Crippen molar-refractivity contribution in [1.29, 1.82) is 0 Å². The monoisotopic (exact) mass is 380 g/mol. The van der Waals surface area contributed by atoms with Crippen LogP contribution in [-0.2, 0) is 11.2 Å². The second-order valence-corrected chi connectivity index (χ2v) is 8.00. The van der Waals surface area contributed by atoms with Gasteiger partial charge in [0.05, 0.1) is 23.0 Å². The second-order valence-electron chi connectivity index (χ2n) is 7.06. The van der Waals surface area contributed by atoms with Gasteiger partial charge >= 0.3 is 0 Å². The van der Waals surface area contributed by atoms with Crippen LogP contribution in [0, 0.1) is 5.92 Å². The summed E-state index contributed by atoms with van der Waals surface area (Å²) < 4.78 is 0. The van der Waals surface area contributed by atoms with Crippen LogP contribution in [0.5, 0.6) is 0 Å². The van der Waals surface area contributed by atoms with Crippen molar-refractivity contribution in [2.45, 2.75) is 39.0 Å². The Morgan fingerprint density at radius 3 is 2.89 bits per heavy atom. The van der Waals surface area contributed by atoms with Gasteiger partial charge in [-0.25, -0.2) is 9.99 Å². The minimum absolute atomic E-state index is 0.0768. The van der Waals surface area contributed by atoms with Gasteiger partial charge in [-0.15, -0.1) is 11.3 Å². The molecule has 0 spiro atoms. The van der Waals surface area contributed by atoms with E-state index in [2.05, 4.69) is 27.6 Å². The van der Waals surface area contributed by atoms with Gasteiger partial charge in [0.25, 0.3) is 5.91 Å². The van der Waals surface area contributed by atoms with Crippen molar-refractivity contribution in [3.63, 3.8) is 0 Å². The van der Waals surface area contributed by atoms with E-state index in [1.54, 1.807) is 16.3 Å². The Hall–Kier alpha value is -2.34. The van der Waals surface area contributed by atoms with Gasteiger partial charge in [-0.05, 0) is 26.2 Å². The topological polar surface area (TPSA) is 57.9 Å². The molecule has 0 bridgehead atoms. The Kier molecular flexibility index (Phi) is 5.43. The van der Waals surface area contributed by atoms with Crippen molar-refractivity contribution in [2.24, 2.45) is 16.0 Å². The van der Waals surface area contributed by atoms with Gasteiger partial charge in [0.15, 0.2) is 0 Å². The van der Waals surface area contributed by atoms with Crippen LogP contribution in [0.25, 0.3) is 11.3 Å². The molecule has 4 rings (SSSR count). The van der Waals surface area contributed by atoms with E-state index in [1.807, 2.05) is 25.1 Å². The third-order valence-corrected chi connectivity index (χ3v) is 6.00. The lowest BCUT2D eigenvalue weighted by Crippen LogP contribution is -2.33. The quantitative estimate of drug-likeness (QED) is 0.780. The van der Waals surface area contributed by atoms with Gasteiger partial charge < -0.3 is 0 Å². The van der Waals surface area contributed by atoms with Crippen LogP contribution in [0.4, 0.5) is 0 Å². The molecule has 6 heteroatoms. The molecule has 0 aliphatic carbocycles. The van der Waals surface area contributed by atoms with E-state index >= 15 is 0 Å². The van der Waals surface area contributed by atoms with Crippen LogP contribution in [0.3, 0.4) is 0 Å². The second kappa shape index (κ2) is 8.13. The fourth-order valence-electron chi connectivity index (χ4n) is 3.67. The molecule has 1 amide bonds. The molecule has 2 aliphatic heterocycles. The fraction of sp³-hybridized carbons (Fsp3) is 0.429. The summed E-state index contributed by atoms with van der Waals surface area (Å²) >= 11 is 1.64.